The molecule has 0 aromatic heterocycles. The van der Waals surface area contributed by atoms with E-state index in [1.807, 2.05) is 0 Å². The highest BCUT2D eigenvalue weighted by Gasteiger charge is 2.25. The minimum Gasteiger partial charge on any atom is -0.0837 e. The molecule has 2 unspecified atom stereocenters. The third kappa shape index (κ3) is 3.13. The van der Waals surface area contributed by atoms with Gasteiger partial charge in [-0.3, -0.25) is 0 Å². The molecule has 1 aromatic carbocycles. The van der Waals surface area contributed by atoms with E-state index in [2.05, 4.69) is 68.5 Å². The third-order valence-electron chi connectivity index (χ3n) is 4.37. The maximum atomic E-state index is 2.42. The molecular formula is C18H24. The van der Waals surface area contributed by atoms with Gasteiger partial charge in [0.05, 0.1) is 0 Å². The Bertz CT molecular complexity index is 413. The molecular weight excluding hydrogens is 216 g/mol. The molecule has 0 fully saturated rings. The Hall–Kier alpha value is -1.30. The zero-order chi connectivity index (χ0) is 12.8. The van der Waals surface area contributed by atoms with Gasteiger partial charge in [0, 0.05) is 0 Å². The van der Waals surface area contributed by atoms with Crippen LogP contribution in [-0.4, -0.2) is 0 Å². The number of hydrogen-bond donors (Lipinski definition) is 0. The molecule has 1 aromatic rings. The molecule has 0 amide bonds. The van der Waals surface area contributed by atoms with E-state index in [9.17, 15) is 0 Å². The molecule has 0 aliphatic heterocycles. The van der Waals surface area contributed by atoms with Crippen molar-refractivity contribution < 1.29 is 0 Å². The van der Waals surface area contributed by atoms with Crippen LogP contribution >= 0.6 is 0 Å². The lowest BCUT2D eigenvalue weighted by molar-refractivity contribution is 0.319. The van der Waals surface area contributed by atoms with Crippen LogP contribution in [0.5, 0.6) is 0 Å². The van der Waals surface area contributed by atoms with Crippen molar-refractivity contribution in [2.45, 2.75) is 45.4 Å². The highest BCUT2D eigenvalue weighted by molar-refractivity contribution is 5.20. The predicted molar refractivity (Wildman–Crippen MR) is 79.7 cm³/mol. The average Bonchev–Trinajstić information content (AvgIpc) is 2.47. The molecule has 0 radical (unpaired) electrons. The molecule has 2 rings (SSSR count). The van der Waals surface area contributed by atoms with Crippen molar-refractivity contribution in [2.75, 3.05) is 0 Å². The predicted octanol–water partition coefficient (Wildman–Crippen LogP) is 5.48. The first-order chi connectivity index (χ1) is 8.76. The molecule has 1 aliphatic carbocycles. The van der Waals surface area contributed by atoms with Gasteiger partial charge >= 0.3 is 0 Å². The normalized spacial score (nSPS) is 24.1. The highest BCUT2D eigenvalue weighted by atomic mass is 14.3. The lowest BCUT2D eigenvalue weighted by Crippen LogP contribution is -2.18. The van der Waals surface area contributed by atoms with Gasteiger partial charge in [-0.1, -0.05) is 68.5 Å². The van der Waals surface area contributed by atoms with E-state index in [1.54, 1.807) is 0 Å². The molecule has 1 aliphatic rings. The first-order valence-electron chi connectivity index (χ1n) is 7.15. The Morgan fingerprint density at radius 2 is 1.94 bits per heavy atom. The first-order valence-corrected chi connectivity index (χ1v) is 7.15. The van der Waals surface area contributed by atoms with Crippen LogP contribution in [0.4, 0.5) is 0 Å². The minimum atomic E-state index is 0.414. The summed E-state index contributed by atoms with van der Waals surface area (Å²) in [5, 5.41) is 0. The van der Waals surface area contributed by atoms with Crippen molar-refractivity contribution in [1.82, 2.24) is 0 Å². The Morgan fingerprint density at radius 1 is 1.17 bits per heavy atom. The SMILES string of the molecule is CCC1(CCC(C)c2ccccc2)C=CC=CC1. The van der Waals surface area contributed by atoms with Crippen LogP contribution in [0.3, 0.4) is 0 Å². The smallest absolute Gasteiger partial charge is 0.00829 e. The van der Waals surface area contributed by atoms with Crippen LogP contribution in [0, 0.1) is 5.41 Å². The van der Waals surface area contributed by atoms with Crippen molar-refractivity contribution in [3.63, 3.8) is 0 Å². The maximum absolute atomic E-state index is 2.42. The van der Waals surface area contributed by atoms with Gasteiger partial charge in [-0.15, -0.1) is 0 Å². The van der Waals surface area contributed by atoms with E-state index < -0.39 is 0 Å². The Morgan fingerprint density at radius 3 is 2.56 bits per heavy atom. The fourth-order valence-corrected chi connectivity index (χ4v) is 2.79. The zero-order valence-electron chi connectivity index (χ0n) is 11.6. The maximum Gasteiger partial charge on any atom is -0.00829 e. The van der Waals surface area contributed by atoms with Crippen molar-refractivity contribution in [3.05, 3.63) is 60.2 Å². The largest absolute Gasteiger partial charge is 0.0837 e. The molecule has 0 N–H and O–H groups in total. The summed E-state index contributed by atoms with van der Waals surface area (Å²) in [5.74, 6) is 0.661. The van der Waals surface area contributed by atoms with Gasteiger partial charge in [-0.05, 0) is 42.6 Å². The van der Waals surface area contributed by atoms with Crippen LogP contribution in [0.2, 0.25) is 0 Å². The average molecular weight is 240 g/mol. The second-order valence-corrected chi connectivity index (χ2v) is 5.56. The summed E-state index contributed by atoms with van der Waals surface area (Å²) < 4.78 is 0. The van der Waals surface area contributed by atoms with Crippen LogP contribution < -0.4 is 0 Å². The summed E-state index contributed by atoms with van der Waals surface area (Å²) in [6, 6.07) is 10.9. The number of allylic oxidation sites excluding steroid dienone is 4. The molecule has 0 heteroatoms. The van der Waals surface area contributed by atoms with E-state index in [0.29, 0.717) is 11.3 Å². The van der Waals surface area contributed by atoms with Crippen molar-refractivity contribution in [3.8, 4) is 0 Å². The summed E-state index contributed by atoms with van der Waals surface area (Å²) in [4.78, 5) is 0. The second kappa shape index (κ2) is 6.04. The summed E-state index contributed by atoms with van der Waals surface area (Å²) in [7, 11) is 0. The van der Waals surface area contributed by atoms with Crippen LogP contribution in [0.25, 0.3) is 0 Å². The van der Waals surface area contributed by atoms with E-state index in [-0.39, 0.29) is 0 Å². The van der Waals surface area contributed by atoms with Crippen LogP contribution in [0.1, 0.15) is 51.0 Å². The first kappa shape index (κ1) is 13.1. The molecule has 0 bridgehead atoms. The van der Waals surface area contributed by atoms with Gasteiger partial charge < -0.3 is 0 Å². The fraction of sp³-hybridized carbons (Fsp3) is 0.444. The van der Waals surface area contributed by atoms with Crippen molar-refractivity contribution >= 4 is 0 Å². The Balaban J connectivity index is 1.95. The molecule has 0 saturated carbocycles. The summed E-state index contributed by atoms with van der Waals surface area (Å²) >= 11 is 0. The van der Waals surface area contributed by atoms with Crippen LogP contribution in [-0.2, 0) is 0 Å². The zero-order valence-corrected chi connectivity index (χ0v) is 11.6. The highest BCUT2D eigenvalue weighted by Crippen LogP contribution is 2.38. The van der Waals surface area contributed by atoms with E-state index in [4.69, 9.17) is 0 Å². The number of benzene rings is 1. The lowest BCUT2D eigenvalue weighted by atomic mass is 9.74. The quantitative estimate of drug-likeness (QED) is 0.639. The second-order valence-electron chi connectivity index (χ2n) is 5.56. The lowest BCUT2D eigenvalue weighted by Gasteiger charge is -2.31. The van der Waals surface area contributed by atoms with Gasteiger partial charge in [-0.2, -0.15) is 0 Å². The minimum absolute atomic E-state index is 0.414. The van der Waals surface area contributed by atoms with E-state index in [0.717, 1.165) is 0 Å². The van der Waals surface area contributed by atoms with Crippen molar-refractivity contribution in [1.29, 1.82) is 0 Å². The van der Waals surface area contributed by atoms with Crippen LogP contribution in [0.15, 0.2) is 54.6 Å². The molecule has 0 heterocycles. The van der Waals surface area contributed by atoms with Gasteiger partial charge in [0.15, 0.2) is 0 Å². The number of hydrogen-bond acceptors (Lipinski definition) is 0. The Kier molecular flexibility index (Phi) is 4.41. The molecule has 96 valence electrons. The van der Waals surface area contributed by atoms with Gasteiger partial charge in [0.25, 0.3) is 0 Å². The van der Waals surface area contributed by atoms with Gasteiger partial charge in [-0.25, -0.2) is 0 Å². The van der Waals surface area contributed by atoms with E-state index in [1.165, 1.54) is 31.2 Å². The summed E-state index contributed by atoms with van der Waals surface area (Å²) in [6.45, 7) is 4.66. The Labute approximate surface area is 111 Å². The molecule has 18 heavy (non-hydrogen) atoms. The fourth-order valence-electron chi connectivity index (χ4n) is 2.79. The monoisotopic (exact) mass is 240 g/mol. The summed E-state index contributed by atoms with van der Waals surface area (Å²) in [5.41, 5.74) is 1.89. The van der Waals surface area contributed by atoms with Gasteiger partial charge in [0.2, 0.25) is 0 Å². The topological polar surface area (TPSA) is 0 Å². The molecule has 0 nitrogen and oxygen atoms in total. The standard InChI is InChI=1S/C18H24/c1-3-18(13-8-5-9-14-18)15-12-16(2)17-10-6-4-7-11-17/h4-11,13,16H,3,12,14-15H2,1-2H3. The van der Waals surface area contributed by atoms with E-state index >= 15 is 0 Å². The summed E-state index contributed by atoms with van der Waals surface area (Å²) in [6.07, 6.45) is 14.2. The van der Waals surface area contributed by atoms with Gasteiger partial charge in [0.1, 0.15) is 0 Å². The molecule has 0 saturated heterocycles. The number of rotatable bonds is 5. The molecule has 0 spiro atoms. The third-order valence-corrected chi connectivity index (χ3v) is 4.37. The van der Waals surface area contributed by atoms with Crippen molar-refractivity contribution in [2.24, 2.45) is 5.41 Å². The molecule has 2 atom stereocenters.